The fraction of sp³-hybridized carbons (Fsp3) is 0.600. The number of piperazine rings is 1. The third-order valence-electron chi connectivity index (χ3n) is 5.34. The van der Waals surface area contributed by atoms with Crippen LogP contribution in [0.5, 0.6) is 0 Å². The summed E-state index contributed by atoms with van der Waals surface area (Å²) in [4.78, 5) is 32.2. The van der Waals surface area contributed by atoms with E-state index in [0.717, 1.165) is 43.9 Å². The van der Waals surface area contributed by atoms with E-state index in [-0.39, 0.29) is 17.9 Å². The molecule has 1 unspecified atom stereocenters. The Bertz CT molecular complexity index is 636. The number of fused-ring (bicyclic) bond motifs is 1. The summed E-state index contributed by atoms with van der Waals surface area (Å²) in [5.74, 6) is 0.481. The standard InChI is InChI=1S/C20H29N3O2/c1-4-21-9-11-22(12-10-21)20(25)18(13-15(2)3)23-14-16-7-5-6-8-17(16)19(23)24/h5-8,15,18H,4,9-14H2,1-3H3. The van der Waals surface area contributed by atoms with Gasteiger partial charge in [-0.2, -0.15) is 0 Å². The Kier molecular flexibility index (Phi) is 5.42. The number of carbonyl (C=O) groups excluding carboxylic acids is 2. The molecule has 0 spiro atoms. The topological polar surface area (TPSA) is 43.9 Å². The van der Waals surface area contributed by atoms with E-state index in [1.807, 2.05) is 29.2 Å². The van der Waals surface area contributed by atoms with E-state index in [2.05, 4.69) is 25.7 Å². The molecule has 1 aromatic carbocycles. The fourth-order valence-electron chi connectivity index (χ4n) is 3.83. The highest BCUT2D eigenvalue weighted by Crippen LogP contribution is 2.27. The summed E-state index contributed by atoms with van der Waals surface area (Å²) in [6.45, 7) is 11.3. The van der Waals surface area contributed by atoms with Gasteiger partial charge in [-0.05, 0) is 30.5 Å². The first kappa shape index (κ1) is 17.9. The zero-order valence-corrected chi connectivity index (χ0v) is 15.6. The van der Waals surface area contributed by atoms with Crippen molar-refractivity contribution >= 4 is 11.8 Å². The lowest BCUT2D eigenvalue weighted by molar-refractivity contribution is -0.138. The molecule has 0 bridgehead atoms. The van der Waals surface area contributed by atoms with Gasteiger partial charge in [0, 0.05) is 38.3 Å². The van der Waals surface area contributed by atoms with E-state index in [0.29, 0.717) is 18.9 Å². The maximum absolute atomic E-state index is 13.2. The van der Waals surface area contributed by atoms with Crippen LogP contribution in [-0.4, -0.2) is 65.3 Å². The molecule has 0 N–H and O–H groups in total. The van der Waals surface area contributed by atoms with E-state index in [1.54, 1.807) is 4.90 Å². The van der Waals surface area contributed by atoms with Gasteiger partial charge in [0.2, 0.25) is 5.91 Å². The summed E-state index contributed by atoms with van der Waals surface area (Å²) in [6, 6.07) is 7.36. The van der Waals surface area contributed by atoms with E-state index in [4.69, 9.17) is 0 Å². The van der Waals surface area contributed by atoms with Crippen LogP contribution in [0, 0.1) is 5.92 Å². The highest BCUT2D eigenvalue weighted by molar-refractivity contribution is 6.01. The lowest BCUT2D eigenvalue weighted by Crippen LogP contribution is -2.55. The van der Waals surface area contributed by atoms with Crippen LogP contribution in [0.25, 0.3) is 0 Å². The van der Waals surface area contributed by atoms with Gasteiger partial charge >= 0.3 is 0 Å². The van der Waals surface area contributed by atoms with Gasteiger partial charge in [0.25, 0.3) is 5.91 Å². The zero-order chi connectivity index (χ0) is 18.0. The highest BCUT2D eigenvalue weighted by Gasteiger charge is 2.38. The second-order valence-electron chi connectivity index (χ2n) is 7.50. The number of hydrogen-bond donors (Lipinski definition) is 0. The van der Waals surface area contributed by atoms with Gasteiger partial charge in [-0.25, -0.2) is 0 Å². The van der Waals surface area contributed by atoms with Crippen LogP contribution in [0.2, 0.25) is 0 Å². The average molecular weight is 343 g/mol. The number of amides is 2. The van der Waals surface area contributed by atoms with Crippen LogP contribution >= 0.6 is 0 Å². The monoisotopic (exact) mass is 343 g/mol. The number of carbonyl (C=O) groups is 2. The minimum atomic E-state index is -0.354. The third kappa shape index (κ3) is 3.71. The molecule has 2 amide bonds. The van der Waals surface area contributed by atoms with Crippen LogP contribution < -0.4 is 0 Å². The Hall–Kier alpha value is -1.88. The molecule has 3 rings (SSSR count). The van der Waals surface area contributed by atoms with Crippen molar-refractivity contribution in [1.29, 1.82) is 0 Å². The van der Waals surface area contributed by atoms with E-state index in [9.17, 15) is 9.59 Å². The van der Waals surface area contributed by atoms with Crippen molar-refractivity contribution < 1.29 is 9.59 Å². The van der Waals surface area contributed by atoms with Crippen molar-refractivity contribution in [3.8, 4) is 0 Å². The van der Waals surface area contributed by atoms with E-state index >= 15 is 0 Å². The van der Waals surface area contributed by atoms with Gasteiger partial charge < -0.3 is 14.7 Å². The predicted molar refractivity (Wildman–Crippen MR) is 98.3 cm³/mol. The Balaban J connectivity index is 1.77. The maximum Gasteiger partial charge on any atom is 0.255 e. The molecule has 1 atom stereocenters. The molecule has 2 heterocycles. The molecule has 0 aliphatic carbocycles. The first-order valence-electron chi connectivity index (χ1n) is 9.41. The number of hydrogen-bond acceptors (Lipinski definition) is 3. The van der Waals surface area contributed by atoms with Gasteiger partial charge in [-0.1, -0.05) is 39.0 Å². The summed E-state index contributed by atoms with van der Waals surface area (Å²) < 4.78 is 0. The predicted octanol–water partition coefficient (Wildman–Crippen LogP) is 2.22. The molecular weight excluding hydrogens is 314 g/mol. The number of likely N-dealkylation sites (N-methyl/N-ethyl adjacent to an activating group) is 1. The smallest absolute Gasteiger partial charge is 0.255 e. The summed E-state index contributed by atoms with van der Waals surface area (Å²) >= 11 is 0. The van der Waals surface area contributed by atoms with Crippen molar-refractivity contribution in [2.75, 3.05) is 32.7 Å². The van der Waals surface area contributed by atoms with Crippen molar-refractivity contribution in [1.82, 2.24) is 14.7 Å². The van der Waals surface area contributed by atoms with Gasteiger partial charge in [0.15, 0.2) is 0 Å². The minimum Gasteiger partial charge on any atom is -0.338 e. The summed E-state index contributed by atoms with van der Waals surface area (Å²) in [6.07, 6.45) is 0.715. The molecular formula is C20H29N3O2. The SMILES string of the molecule is CCN1CCN(C(=O)C(CC(C)C)N2Cc3ccccc3C2=O)CC1. The van der Waals surface area contributed by atoms with E-state index < -0.39 is 0 Å². The molecule has 0 radical (unpaired) electrons. The summed E-state index contributed by atoms with van der Waals surface area (Å²) in [5.41, 5.74) is 1.78. The lowest BCUT2D eigenvalue weighted by Gasteiger charge is -2.38. The van der Waals surface area contributed by atoms with Crippen LogP contribution in [0.1, 0.15) is 43.1 Å². The molecule has 0 saturated carbocycles. The van der Waals surface area contributed by atoms with Crippen LogP contribution in [0.3, 0.4) is 0 Å². The Morgan fingerprint density at radius 2 is 1.80 bits per heavy atom. The molecule has 1 fully saturated rings. The first-order valence-corrected chi connectivity index (χ1v) is 9.41. The second-order valence-corrected chi connectivity index (χ2v) is 7.50. The second kappa shape index (κ2) is 7.56. The van der Waals surface area contributed by atoms with Crippen molar-refractivity contribution in [2.45, 2.75) is 39.8 Å². The number of rotatable bonds is 5. The lowest BCUT2D eigenvalue weighted by atomic mass is 10.0. The van der Waals surface area contributed by atoms with Crippen LogP contribution in [0.4, 0.5) is 0 Å². The molecule has 2 aliphatic rings. The molecule has 136 valence electrons. The van der Waals surface area contributed by atoms with Gasteiger partial charge in [-0.15, -0.1) is 0 Å². The van der Waals surface area contributed by atoms with Crippen molar-refractivity contribution in [3.05, 3.63) is 35.4 Å². The largest absolute Gasteiger partial charge is 0.338 e. The van der Waals surface area contributed by atoms with E-state index in [1.165, 1.54) is 0 Å². The quantitative estimate of drug-likeness (QED) is 0.823. The molecule has 1 aromatic rings. The maximum atomic E-state index is 13.2. The number of benzene rings is 1. The summed E-state index contributed by atoms with van der Waals surface area (Å²) in [5, 5.41) is 0. The molecule has 0 aromatic heterocycles. The molecule has 1 saturated heterocycles. The van der Waals surface area contributed by atoms with Crippen LogP contribution in [0.15, 0.2) is 24.3 Å². The fourth-order valence-corrected chi connectivity index (χ4v) is 3.83. The van der Waals surface area contributed by atoms with Gasteiger partial charge in [0.1, 0.15) is 6.04 Å². The summed E-state index contributed by atoms with van der Waals surface area (Å²) in [7, 11) is 0. The third-order valence-corrected chi connectivity index (χ3v) is 5.34. The van der Waals surface area contributed by atoms with Crippen molar-refractivity contribution in [2.24, 2.45) is 5.92 Å². The van der Waals surface area contributed by atoms with Gasteiger partial charge in [0.05, 0.1) is 0 Å². The van der Waals surface area contributed by atoms with Gasteiger partial charge in [-0.3, -0.25) is 9.59 Å². The minimum absolute atomic E-state index is 0.00166. The first-order chi connectivity index (χ1) is 12.0. The molecule has 25 heavy (non-hydrogen) atoms. The number of nitrogens with zero attached hydrogens (tertiary/aromatic N) is 3. The normalized spacial score (nSPS) is 19.4. The Labute approximate surface area is 150 Å². The zero-order valence-electron chi connectivity index (χ0n) is 15.6. The Morgan fingerprint density at radius 3 is 2.40 bits per heavy atom. The highest BCUT2D eigenvalue weighted by atomic mass is 16.2. The average Bonchev–Trinajstić information content (AvgIpc) is 2.96. The Morgan fingerprint density at radius 1 is 1.12 bits per heavy atom. The molecule has 5 heteroatoms. The molecule has 2 aliphatic heterocycles. The molecule has 5 nitrogen and oxygen atoms in total. The van der Waals surface area contributed by atoms with Crippen LogP contribution in [-0.2, 0) is 11.3 Å². The van der Waals surface area contributed by atoms with Crippen molar-refractivity contribution in [3.63, 3.8) is 0 Å².